The molecule has 2 atom stereocenters. The van der Waals surface area contributed by atoms with Crippen molar-refractivity contribution in [2.75, 3.05) is 19.6 Å². The first kappa shape index (κ1) is 11.8. The highest BCUT2D eigenvalue weighted by Crippen LogP contribution is 2.28. The number of likely N-dealkylation sites (tertiary alicyclic amines) is 1. The van der Waals surface area contributed by atoms with Gasteiger partial charge in [0.15, 0.2) is 0 Å². The fourth-order valence-electron chi connectivity index (χ4n) is 1.83. The van der Waals surface area contributed by atoms with Crippen LogP contribution in [0.5, 0.6) is 0 Å². The Morgan fingerprint density at radius 3 is 2.43 bits per heavy atom. The van der Waals surface area contributed by atoms with Crippen LogP contribution in [0.2, 0.25) is 0 Å². The molecule has 0 amide bonds. The summed E-state index contributed by atoms with van der Waals surface area (Å²) in [5.74, 6) is -0.212. The summed E-state index contributed by atoms with van der Waals surface area (Å²) in [7, 11) is 0. The van der Waals surface area contributed by atoms with Crippen molar-refractivity contribution in [3.8, 4) is 0 Å². The number of rotatable bonds is 3. The van der Waals surface area contributed by atoms with E-state index in [1.807, 2.05) is 11.8 Å². The Bertz CT molecular complexity index is 183. The molecule has 2 nitrogen and oxygen atoms in total. The maximum absolute atomic E-state index is 11.9. The first-order chi connectivity index (χ1) is 6.42. The van der Waals surface area contributed by atoms with E-state index >= 15 is 0 Å². The van der Waals surface area contributed by atoms with Crippen LogP contribution in [-0.2, 0) is 0 Å². The van der Waals surface area contributed by atoms with Crippen molar-refractivity contribution in [2.24, 2.45) is 5.92 Å². The number of hydrogen-bond donors (Lipinski definition) is 1. The summed E-state index contributed by atoms with van der Waals surface area (Å²) in [6.45, 7) is 3.84. The number of halogens is 3. The molecule has 0 saturated carbocycles. The molecule has 0 aromatic rings. The molecule has 1 N–H and O–H groups in total. The van der Waals surface area contributed by atoms with Crippen LogP contribution in [0.15, 0.2) is 0 Å². The molecule has 0 unspecified atom stereocenters. The van der Waals surface area contributed by atoms with Crippen molar-refractivity contribution in [2.45, 2.75) is 32.0 Å². The number of aliphatic hydroxyl groups excluding tert-OH is 1. The van der Waals surface area contributed by atoms with Gasteiger partial charge in [-0.25, -0.2) is 0 Å². The van der Waals surface area contributed by atoms with E-state index in [9.17, 15) is 18.3 Å². The summed E-state index contributed by atoms with van der Waals surface area (Å²) in [5, 5.41) is 9.48. The second-order valence-corrected chi connectivity index (χ2v) is 3.83. The summed E-state index contributed by atoms with van der Waals surface area (Å²) >= 11 is 0. The number of alkyl halides is 3. The van der Waals surface area contributed by atoms with Crippen LogP contribution in [0, 0.1) is 5.92 Å². The van der Waals surface area contributed by atoms with Gasteiger partial charge in [-0.15, -0.1) is 0 Å². The Labute approximate surface area is 81.7 Å². The van der Waals surface area contributed by atoms with Crippen LogP contribution in [0.4, 0.5) is 13.2 Å². The van der Waals surface area contributed by atoms with Crippen LogP contribution in [0.1, 0.15) is 19.8 Å². The van der Waals surface area contributed by atoms with Crippen molar-refractivity contribution < 1.29 is 18.3 Å². The standard InChI is InChI=1S/C9H16F3NO/c1-2-13-5-7(8(14)6-13)3-4-9(10,11)12/h7-8,14H,2-6H2,1H3/t7-,8-/m1/s1. The molecule has 1 heterocycles. The number of aliphatic hydroxyl groups is 1. The lowest BCUT2D eigenvalue weighted by Gasteiger charge is -2.14. The largest absolute Gasteiger partial charge is 0.391 e. The molecule has 1 aliphatic heterocycles. The molecule has 5 heteroatoms. The smallest absolute Gasteiger partial charge is 0.389 e. The van der Waals surface area contributed by atoms with Gasteiger partial charge in [-0.05, 0) is 18.9 Å². The molecular weight excluding hydrogens is 195 g/mol. The SMILES string of the molecule is CCN1C[C@@H](CCC(F)(F)F)[C@H](O)C1. The molecule has 1 saturated heterocycles. The molecule has 0 spiro atoms. The third-order valence-electron chi connectivity index (χ3n) is 2.73. The summed E-state index contributed by atoms with van der Waals surface area (Å²) in [4.78, 5) is 1.98. The lowest BCUT2D eigenvalue weighted by Crippen LogP contribution is -2.21. The normalized spacial score (nSPS) is 29.8. The predicted octanol–water partition coefficient (Wildman–Crippen LogP) is 1.64. The van der Waals surface area contributed by atoms with Gasteiger partial charge in [-0.2, -0.15) is 13.2 Å². The summed E-state index contributed by atoms with van der Waals surface area (Å²) in [6, 6.07) is 0. The minimum absolute atomic E-state index is 0.0428. The first-order valence-corrected chi connectivity index (χ1v) is 4.89. The molecule has 0 aliphatic carbocycles. The Hall–Kier alpha value is -0.290. The Kier molecular flexibility index (Phi) is 3.78. The fraction of sp³-hybridized carbons (Fsp3) is 1.00. The quantitative estimate of drug-likeness (QED) is 0.767. The highest BCUT2D eigenvalue weighted by atomic mass is 19.4. The zero-order valence-electron chi connectivity index (χ0n) is 8.22. The summed E-state index contributed by atoms with van der Waals surface area (Å²) < 4.78 is 35.8. The fourth-order valence-corrected chi connectivity index (χ4v) is 1.83. The van der Waals surface area contributed by atoms with E-state index < -0.39 is 18.7 Å². The van der Waals surface area contributed by atoms with Crippen LogP contribution < -0.4 is 0 Å². The van der Waals surface area contributed by atoms with E-state index in [1.165, 1.54) is 0 Å². The lowest BCUT2D eigenvalue weighted by molar-refractivity contribution is -0.138. The van der Waals surface area contributed by atoms with E-state index in [0.29, 0.717) is 13.1 Å². The highest BCUT2D eigenvalue weighted by Gasteiger charge is 2.34. The molecule has 0 radical (unpaired) electrons. The second kappa shape index (κ2) is 4.49. The first-order valence-electron chi connectivity index (χ1n) is 4.89. The van der Waals surface area contributed by atoms with E-state index in [0.717, 1.165) is 6.54 Å². The summed E-state index contributed by atoms with van der Waals surface area (Å²) in [6.07, 6.45) is -5.43. The van der Waals surface area contributed by atoms with Gasteiger partial charge in [0, 0.05) is 19.5 Å². The molecule has 84 valence electrons. The molecule has 1 fully saturated rings. The van der Waals surface area contributed by atoms with Gasteiger partial charge in [0.2, 0.25) is 0 Å². The van der Waals surface area contributed by atoms with Crippen LogP contribution in [0.25, 0.3) is 0 Å². The van der Waals surface area contributed by atoms with Crippen molar-refractivity contribution >= 4 is 0 Å². The second-order valence-electron chi connectivity index (χ2n) is 3.83. The Morgan fingerprint density at radius 1 is 1.36 bits per heavy atom. The molecule has 0 aromatic heterocycles. The minimum Gasteiger partial charge on any atom is -0.391 e. The van der Waals surface area contributed by atoms with Crippen molar-refractivity contribution in [3.63, 3.8) is 0 Å². The molecule has 14 heavy (non-hydrogen) atoms. The van der Waals surface area contributed by atoms with Gasteiger partial charge in [0.1, 0.15) is 0 Å². The minimum atomic E-state index is -4.10. The van der Waals surface area contributed by atoms with E-state index in [-0.39, 0.29) is 12.3 Å². The van der Waals surface area contributed by atoms with E-state index in [2.05, 4.69) is 0 Å². The predicted molar refractivity (Wildman–Crippen MR) is 46.9 cm³/mol. The zero-order chi connectivity index (χ0) is 10.8. The van der Waals surface area contributed by atoms with Gasteiger partial charge < -0.3 is 10.0 Å². The maximum atomic E-state index is 11.9. The summed E-state index contributed by atoms with van der Waals surface area (Å²) in [5.41, 5.74) is 0. The number of β-amino-alcohol motifs (C(OH)–C–C–N with tert-alkyl or cyclic N) is 1. The third-order valence-corrected chi connectivity index (χ3v) is 2.73. The molecule has 1 aliphatic rings. The monoisotopic (exact) mass is 211 g/mol. The zero-order valence-corrected chi connectivity index (χ0v) is 8.22. The van der Waals surface area contributed by atoms with Crippen molar-refractivity contribution in [1.29, 1.82) is 0 Å². The average Bonchev–Trinajstić information content (AvgIpc) is 2.42. The number of likely N-dealkylation sites (N-methyl/N-ethyl adjacent to an activating group) is 1. The lowest BCUT2D eigenvalue weighted by atomic mass is 10.0. The molecule has 0 bridgehead atoms. The van der Waals surface area contributed by atoms with Crippen molar-refractivity contribution in [3.05, 3.63) is 0 Å². The van der Waals surface area contributed by atoms with Crippen LogP contribution >= 0.6 is 0 Å². The van der Waals surface area contributed by atoms with Crippen LogP contribution in [0.3, 0.4) is 0 Å². The number of nitrogens with zero attached hydrogens (tertiary/aromatic N) is 1. The number of hydrogen-bond acceptors (Lipinski definition) is 2. The van der Waals surface area contributed by atoms with E-state index in [4.69, 9.17) is 0 Å². The molecule has 0 aromatic carbocycles. The van der Waals surface area contributed by atoms with Gasteiger partial charge in [-0.1, -0.05) is 6.92 Å². The van der Waals surface area contributed by atoms with Crippen molar-refractivity contribution in [1.82, 2.24) is 4.90 Å². The van der Waals surface area contributed by atoms with Gasteiger partial charge in [-0.3, -0.25) is 0 Å². The van der Waals surface area contributed by atoms with Gasteiger partial charge in [0.25, 0.3) is 0 Å². The third kappa shape index (κ3) is 3.46. The average molecular weight is 211 g/mol. The molecular formula is C9H16F3NO. The van der Waals surface area contributed by atoms with Gasteiger partial charge >= 0.3 is 6.18 Å². The maximum Gasteiger partial charge on any atom is 0.389 e. The van der Waals surface area contributed by atoms with E-state index in [1.54, 1.807) is 0 Å². The van der Waals surface area contributed by atoms with Crippen LogP contribution in [-0.4, -0.2) is 41.9 Å². The topological polar surface area (TPSA) is 23.5 Å². The molecule has 1 rings (SSSR count). The Balaban J connectivity index is 2.32. The Morgan fingerprint density at radius 2 is 2.00 bits per heavy atom. The highest BCUT2D eigenvalue weighted by molar-refractivity contribution is 4.83. The van der Waals surface area contributed by atoms with Gasteiger partial charge in [0.05, 0.1) is 6.10 Å².